The van der Waals surface area contributed by atoms with Crippen LogP contribution in [0.3, 0.4) is 0 Å². The molecule has 2 atom stereocenters. The topological polar surface area (TPSA) is 38.7 Å². The van der Waals surface area contributed by atoms with E-state index in [-0.39, 0.29) is 11.1 Å². The van der Waals surface area contributed by atoms with Gasteiger partial charge in [-0.15, -0.1) is 6.58 Å². The highest BCUT2D eigenvalue weighted by molar-refractivity contribution is 6.74. The van der Waals surface area contributed by atoms with E-state index < -0.39 is 14.4 Å². The largest absolute Gasteiger partial charge is 0.414 e. The molecule has 4 heteroatoms. The number of ether oxygens (including phenoxy) is 1. The average Bonchev–Trinajstić information content (AvgIpc) is 2.49. The Morgan fingerprint density at radius 2 is 1.83 bits per heavy atom. The Morgan fingerprint density at radius 3 is 2.35 bits per heavy atom. The van der Waals surface area contributed by atoms with Crippen molar-refractivity contribution in [1.82, 2.24) is 0 Å². The highest BCUT2D eigenvalue weighted by atomic mass is 28.4. The molecule has 0 fully saturated rings. The van der Waals surface area contributed by atoms with Crippen LogP contribution in [-0.4, -0.2) is 32.2 Å². The summed E-state index contributed by atoms with van der Waals surface area (Å²) in [6.07, 6.45) is 1.45. The zero-order valence-corrected chi connectivity index (χ0v) is 16.2. The number of aliphatic hydroxyl groups is 1. The van der Waals surface area contributed by atoms with E-state index in [1.807, 2.05) is 30.3 Å². The first-order chi connectivity index (χ1) is 10.7. The van der Waals surface area contributed by atoms with E-state index in [0.29, 0.717) is 19.6 Å². The Labute approximate surface area is 142 Å². The molecule has 0 aliphatic carbocycles. The SMILES string of the molecule is C=CC[C@H](OCc1ccccc1)[C@H](O)CO[Si](C)(C)C(C)(C)C. The van der Waals surface area contributed by atoms with E-state index in [9.17, 15) is 5.11 Å². The van der Waals surface area contributed by atoms with Crippen molar-refractivity contribution in [3.05, 3.63) is 48.6 Å². The van der Waals surface area contributed by atoms with Crippen LogP contribution >= 0.6 is 0 Å². The van der Waals surface area contributed by atoms with Gasteiger partial charge in [-0.3, -0.25) is 0 Å². The Kier molecular flexibility index (Phi) is 7.68. The summed E-state index contributed by atoms with van der Waals surface area (Å²) in [5.74, 6) is 0. The highest BCUT2D eigenvalue weighted by Crippen LogP contribution is 2.36. The number of rotatable bonds is 9. The molecular formula is C19H32O3Si. The summed E-state index contributed by atoms with van der Waals surface area (Å²) in [7, 11) is -1.86. The summed E-state index contributed by atoms with van der Waals surface area (Å²) >= 11 is 0. The molecule has 1 rings (SSSR count). The molecule has 0 spiro atoms. The fraction of sp³-hybridized carbons (Fsp3) is 0.579. The van der Waals surface area contributed by atoms with E-state index >= 15 is 0 Å². The van der Waals surface area contributed by atoms with Gasteiger partial charge in [0.1, 0.15) is 6.10 Å². The Hall–Kier alpha value is -0.943. The van der Waals surface area contributed by atoms with Gasteiger partial charge >= 0.3 is 0 Å². The summed E-state index contributed by atoms with van der Waals surface area (Å²) in [6.45, 7) is 15.5. The molecule has 1 N–H and O–H groups in total. The van der Waals surface area contributed by atoms with Crippen molar-refractivity contribution in [2.45, 2.75) is 64.1 Å². The lowest BCUT2D eigenvalue weighted by Gasteiger charge is -2.37. The van der Waals surface area contributed by atoms with Gasteiger partial charge in [0.15, 0.2) is 8.32 Å². The van der Waals surface area contributed by atoms with Gasteiger partial charge in [-0.2, -0.15) is 0 Å². The van der Waals surface area contributed by atoms with Crippen LogP contribution < -0.4 is 0 Å². The molecule has 1 aromatic rings. The predicted molar refractivity (Wildman–Crippen MR) is 99.0 cm³/mol. The molecule has 0 aliphatic rings. The lowest BCUT2D eigenvalue weighted by Crippen LogP contribution is -2.44. The monoisotopic (exact) mass is 336 g/mol. The zero-order chi connectivity index (χ0) is 17.5. The summed E-state index contributed by atoms with van der Waals surface area (Å²) in [6, 6.07) is 9.98. The van der Waals surface area contributed by atoms with Gasteiger partial charge in [0.25, 0.3) is 0 Å². The maximum absolute atomic E-state index is 10.5. The van der Waals surface area contributed by atoms with Crippen molar-refractivity contribution in [2.75, 3.05) is 6.61 Å². The molecule has 0 amide bonds. The second kappa shape index (κ2) is 8.78. The maximum atomic E-state index is 10.5. The van der Waals surface area contributed by atoms with Crippen LogP contribution in [0, 0.1) is 0 Å². The first-order valence-electron chi connectivity index (χ1n) is 8.26. The molecular weight excluding hydrogens is 304 g/mol. The molecule has 23 heavy (non-hydrogen) atoms. The third kappa shape index (κ3) is 6.59. The van der Waals surface area contributed by atoms with E-state index in [2.05, 4.69) is 40.4 Å². The minimum atomic E-state index is -1.86. The van der Waals surface area contributed by atoms with Gasteiger partial charge in [0, 0.05) is 0 Å². The molecule has 0 saturated carbocycles. The molecule has 1 aromatic carbocycles. The van der Waals surface area contributed by atoms with Gasteiger partial charge in [0.05, 0.1) is 19.3 Å². The second-order valence-electron chi connectivity index (χ2n) is 7.50. The van der Waals surface area contributed by atoms with Gasteiger partial charge in [-0.1, -0.05) is 57.2 Å². The summed E-state index contributed by atoms with van der Waals surface area (Å²) in [4.78, 5) is 0. The Balaban J connectivity index is 2.57. The minimum Gasteiger partial charge on any atom is -0.414 e. The van der Waals surface area contributed by atoms with Crippen molar-refractivity contribution in [1.29, 1.82) is 0 Å². The van der Waals surface area contributed by atoms with Crippen molar-refractivity contribution < 1.29 is 14.3 Å². The van der Waals surface area contributed by atoms with Gasteiger partial charge < -0.3 is 14.3 Å². The van der Waals surface area contributed by atoms with Crippen LogP contribution in [0.5, 0.6) is 0 Å². The maximum Gasteiger partial charge on any atom is 0.192 e. The molecule has 0 bridgehead atoms. The van der Waals surface area contributed by atoms with Crippen LogP contribution in [0.15, 0.2) is 43.0 Å². The van der Waals surface area contributed by atoms with Crippen LogP contribution in [0.2, 0.25) is 18.1 Å². The number of hydrogen-bond acceptors (Lipinski definition) is 3. The minimum absolute atomic E-state index is 0.131. The predicted octanol–water partition coefficient (Wildman–Crippen LogP) is 4.53. The number of benzene rings is 1. The van der Waals surface area contributed by atoms with E-state index in [1.54, 1.807) is 6.08 Å². The van der Waals surface area contributed by atoms with E-state index in [0.717, 1.165) is 5.56 Å². The molecule has 0 heterocycles. The Morgan fingerprint density at radius 1 is 1.22 bits per heavy atom. The van der Waals surface area contributed by atoms with E-state index in [4.69, 9.17) is 9.16 Å². The summed E-state index contributed by atoms with van der Waals surface area (Å²) in [5.41, 5.74) is 1.10. The van der Waals surface area contributed by atoms with Gasteiger partial charge in [-0.05, 0) is 30.1 Å². The highest BCUT2D eigenvalue weighted by Gasteiger charge is 2.38. The second-order valence-corrected chi connectivity index (χ2v) is 12.3. The van der Waals surface area contributed by atoms with Crippen LogP contribution in [0.25, 0.3) is 0 Å². The fourth-order valence-corrected chi connectivity index (χ4v) is 2.92. The molecule has 130 valence electrons. The van der Waals surface area contributed by atoms with Crippen LogP contribution in [-0.2, 0) is 15.8 Å². The molecule has 0 saturated heterocycles. The van der Waals surface area contributed by atoms with Crippen LogP contribution in [0.4, 0.5) is 0 Å². The van der Waals surface area contributed by atoms with Crippen molar-refractivity contribution in [2.24, 2.45) is 0 Å². The lowest BCUT2D eigenvalue weighted by atomic mass is 10.1. The lowest BCUT2D eigenvalue weighted by molar-refractivity contribution is -0.0608. The fourth-order valence-electron chi connectivity index (χ4n) is 1.90. The smallest absolute Gasteiger partial charge is 0.192 e. The average molecular weight is 337 g/mol. The molecule has 0 unspecified atom stereocenters. The quantitative estimate of drug-likeness (QED) is 0.532. The number of aliphatic hydroxyl groups excluding tert-OH is 1. The zero-order valence-electron chi connectivity index (χ0n) is 15.2. The van der Waals surface area contributed by atoms with Gasteiger partial charge in [-0.25, -0.2) is 0 Å². The van der Waals surface area contributed by atoms with Crippen molar-refractivity contribution >= 4 is 8.32 Å². The first-order valence-corrected chi connectivity index (χ1v) is 11.2. The van der Waals surface area contributed by atoms with E-state index in [1.165, 1.54) is 0 Å². The summed E-state index contributed by atoms with van der Waals surface area (Å²) < 4.78 is 12.0. The third-order valence-electron chi connectivity index (χ3n) is 4.56. The molecule has 3 nitrogen and oxygen atoms in total. The molecule has 0 aromatic heterocycles. The van der Waals surface area contributed by atoms with Crippen molar-refractivity contribution in [3.8, 4) is 0 Å². The van der Waals surface area contributed by atoms with Crippen molar-refractivity contribution in [3.63, 3.8) is 0 Å². The standard InChI is InChI=1S/C19H32O3Si/c1-7-11-18(21-14-16-12-9-8-10-13-16)17(20)15-22-23(5,6)19(2,3)4/h7-10,12-13,17-18,20H,1,11,14-15H2,2-6H3/t17-,18+/m1/s1. The number of hydrogen-bond donors (Lipinski definition) is 1. The first kappa shape index (κ1) is 20.1. The normalized spacial score (nSPS) is 15.2. The summed E-state index contributed by atoms with van der Waals surface area (Å²) in [5, 5.41) is 10.6. The molecule has 0 aliphatic heterocycles. The third-order valence-corrected chi connectivity index (χ3v) is 9.06. The van der Waals surface area contributed by atoms with Gasteiger partial charge in [0.2, 0.25) is 0 Å². The molecule has 0 radical (unpaired) electrons. The Bertz CT molecular complexity index is 465. The van der Waals surface area contributed by atoms with Crippen LogP contribution in [0.1, 0.15) is 32.8 Å².